The molecule has 1 heterocycles. The van der Waals surface area contributed by atoms with Gasteiger partial charge in [-0.3, -0.25) is 0 Å². The number of aliphatic hydroxyl groups is 1. The molecule has 0 aromatic carbocycles. The summed E-state index contributed by atoms with van der Waals surface area (Å²) in [6.45, 7) is 6.35. The fraction of sp³-hybridized carbons (Fsp3) is 1.00. The van der Waals surface area contributed by atoms with Gasteiger partial charge in [0.15, 0.2) is 0 Å². The first-order chi connectivity index (χ1) is 7.53. The highest BCUT2D eigenvalue weighted by Gasteiger charge is 2.22. The first-order valence-electron chi connectivity index (χ1n) is 6.12. The Kier molecular flexibility index (Phi) is 5.69. The Bertz CT molecular complexity index is 191. The fourth-order valence-corrected chi connectivity index (χ4v) is 1.99. The summed E-state index contributed by atoms with van der Waals surface area (Å²) in [5, 5.41) is 9.06. The van der Waals surface area contributed by atoms with Crippen molar-refractivity contribution >= 4 is 0 Å². The lowest BCUT2D eigenvalue weighted by molar-refractivity contribution is -0.0162. The van der Waals surface area contributed by atoms with E-state index < -0.39 is 5.54 Å². The van der Waals surface area contributed by atoms with Crippen LogP contribution in [-0.4, -0.2) is 43.2 Å². The Morgan fingerprint density at radius 2 is 2.12 bits per heavy atom. The second kappa shape index (κ2) is 6.55. The van der Waals surface area contributed by atoms with Crippen LogP contribution in [0.2, 0.25) is 0 Å². The molecular formula is C12H25NO3. The zero-order chi connectivity index (χ0) is 12.0. The Morgan fingerprint density at radius 1 is 1.50 bits per heavy atom. The maximum Gasteiger partial charge on any atom is 0.0609 e. The molecule has 0 saturated carbocycles. The third-order valence-corrected chi connectivity index (χ3v) is 3.07. The van der Waals surface area contributed by atoms with Crippen LogP contribution in [0.15, 0.2) is 0 Å². The van der Waals surface area contributed by atoms with Gasteiger partial charge in [-0.25, -0.2) is 0 Å². The van der Waals surface area contributed by atoms with E-state index in [1.165, 1.54) is 0 Å². The van der Waals surface area contributed by atoms with Crippen molar-refractivity contribution in [3.63, 3.8) is 0 Å². The van der Waals surface area contributed by atoms with Crippen LogP contribution in [0.1, 0.15) is 33.1 Å². The predicted octanol–water partition coefficient (Wildman–Crippen LogP) is 0.918. The third-order valence-electron chi connectivity index (χ3n) is 3.07. The van der Waals surface area contributed by atoms with Crippen molar-refractivity contribution in [3.05, 3.63) is 0 Å². The van der Waals surface area contributed by atoms with E-state index in [9.17, 15) is 0 Å². The van der Waals surface area contributed by atoms with Crippen LogP contribution < -0.4 is 5.73 Å². The minimum absolute atomic E-state index is 0.00202. The molecule has 0 amide bonds. The summed E-state index contributed by atoms with van der Waals surface area (Å²) in [4.78, 5) is 0. The summed E-state index contributed by atoms with van der Waals surface area (Å²) in [6, 6.07) is 0. The van der Waals surface area contributed by atoms with Gasteiger partial charge in [-0.05, 0) is 39.0 Å². The summed E-state index contributed by atoms with van der Waals surface area (Å²) in [7, 11) is 0. The molecule has 1 saturated heterocycles. The molecule has 1 aliphatic rings. The largest absolute Gasteiger partial charge is 0.394 e. The summed E-state index contributed by atoms with van der Waals surface area (Å²) in [5.74, 6) is 0.620. The number of hydrogen-bond acceptors (Lipinski definition) is 4. The number of aliphatic hydroxyl groups excluding tert-OH is 1. The molecule has 96 valence electrons. The topological polar surface area (TPSA) is 64.7 Å². The van der Waals surface area contributed by atoms with E-state index in [1.54, 1.807) is 0 Å². The fourth-order valence-electron chi connectivity index (χ4n) is 1.99. The van der Waals surface area contributed by atoms with Gasteiger partial charge in [-0.15, -0.1) is 0 Å². The second-order valence-electron chi connectivity index (χ2n) is 5.22. The lowest BCUT2D eigenvalue weighted by atomic mass is 9.97. The minimum Gasteiger partial charge on any atom is -0.394 e. The van der Waals surface area contributed by atoms with Crippen LogP contribution in [0, 0.1) is 5.92 Å². The first-order valence-corrected chi connectivity index (χ1v) is 6.12. The highest BCUT2D eigenvalue weighted by Crippen LogP contribution is 2.17. The Hall–Kier alpha value is -0.160. The lowest BCUT2D eigenvalue weighted by Crippen LogP contribution is -2.43. The van der Waals surface area contributed by atoms with Gasteiger partial charge >= 0.3 is 0 Å². The Labute approximate surface area is 98.1 Å². The molecule has 1 rings (SSSR count). The van der Waals surface area contributed by atoms with E-state index in [-0.39, 0.29) is 12.7 Å². The van der Waals surface area contributed by atoms with Crippen LogP contribution in [0.3, 0.4) is 0 Å². The van der Waals surface area contributed by atoms with E-state index in [1.807, 2.05) is 13.8 Å². The molecule has 0 aliphatic carbocycles. The van der Waals surface area contributed by atoms with E-state index in [2.05, 4.69) is 0 Å². The number of hydrogen-bond donors (Lipinski definition) is 2. The average molecular weight is 231 g/mol. The van der Waals surface area contributed by atoms with Gasteiger partial charge in [0, 0.05) is 25.4 Å². The standard InChI is InChI=1S/C12H25NO3/c1-10(7-12(2,13)9-14)16-8-11-3-5-15-6-4-11/h10-11,14H,3-9,13H2,1-2H3. The molecule has 16 heavy (non-hydrogen) atoms. The quantitative estimate of drug-likeness (QED) is 0.713. The Morgan fingerprint density at radius 3 is 2.69 bits per heavy atom. The summed E-state index contributed by atoms with van der Waals surface area (Å²) < 4.78 is 11.1. The van der Waals surface area contributed by atoms with Crippen molar-refractivity contribution in [3.8, 4) is 0 Å². The SMILES string of the molecule is CC(CC(C)(N)CO)OCC1CCOCC1. The van der Waals surface area contributed by atoms with Crippen molar-refractivity contribution in [2.75, 3.05) is 26.4 Å². The van der Waals surface area contributed by atoms with Crippen molar-refractivity contribution in [2.24, 2.45) is 11.7 Å². The number of rotatable bonds is 6. The zero-order valence-electron chi connectivity index (χ0n) is 10.4. The van der Waals surface area contributed by atoms with Crippen molar-refractivity contribution in [1.82, 2.24) is 0 Å². The van der Waals surface area contributed by atoms with Crippen LogP contribution >= 0.6 is 0 Å². The van der Waals surface area contributed by atoms with E-state index in [0.717, 1.165) is 32.7 Å². The highest BCUT2D eigenvalue weighted by molar-refractivity contribution is 4.80. The maximum atomic E-state index is 9.06. The molecule has 3 N–H and O–H groups in total. The van der Waals surface area contributed by atoms with Crippen molar-refractivity contribution in [1.29, 1.82) is 0 Å². The molecule has 0 bridgehead atoms. The molecule has 1 aliphatic heterocycles. The molecule has 1 fully saturated rings. The molecular weight excluding hydrogens is 206 g/mol. The summed E-state index contributed by atoms with van der Waals surface area (Å²) in [6.07, 6.45) is 2.97. The number of nitrogens with two attached hydrogens (primary N) is 1. The smallest absolute Gasteiger partial charge is 0.0609 e. The van der Waals surface area contributed by atoms with Gasteiger partial charge in [-0.1, -0.05) is 0 Å². The van der Waals surface area contributed by atoms with Crippen molar-refractivity contribution in [2.45, 2.75) is 44.8 Å². The predicted molar refractivity (Wildman–Crippen MR) is 63.3 cm³/mol. The van der Waals surface area contributed by atoms with Crippen LogP contribution in [0.5, 0.6) is 0 Å². The van der Waals surface area contributed by atoms with Gasteiger partial charge in [0.25, 0.3) is 0 Å². The maximum absolute atomic E-state index is 9.06. The van der Waals surface area contributed by atoms with Gasteiger partial charge in [0.05, 0.1) is 12.7 Å². The first kappa shape index (κ1) is 13.9. The van der Waals surface area contributed by atoms with Crippen LogP contribution in [0.25, 0.3) is 0 Å². The van der Waals surface area contributed by atoms with E-state index in [0.29, 0.717) is 12.3 Å². The van der Waals surface area contributed by atoms with E-state index >= 15 is 0 Å². The average Bonchev–Trinajstić information content (AvgIpc) is 2.27. The normalized spacial score (nSPS) is 24.0. The highest BCUT2D eigenvalue weighted by atomic mass is 16.5. The van der Waals surface area contributed by atoms with Crippen LogP contribution in [0.4, 0.5) is 0 Å². The molecule has 4 heteroatoms. The summed E-state index contributed by atoms with van der Waals surface area (Å²) in [5.41, 5.74) is 5.34. The van der Waals surface area contributed by atoms with Gasteiger partial charge in [0.1, 0.15) is 0 Å². The Balaban J connectivity index is 2.16. The molecule has 0 aromatic heterocycles. The zero-order valence-corrected chi connectivity index (χ0v) is 10.4. The van der Waals surface area contributed by atoms with Gasteiger partial charge < -0.3 is 20.3 Å². The molecule has 0 spiro atoms. The molecule has 0 aromatic rings. The monoisotopic (exact) mass is 231 g/mol. The lowest BCUT2D eigenvalue weighted by Gasteiger charge is -2.28. The minimum atomic E-state index is -0.533. The van der Waals surface area contributed by atoms with Crippen molar-refractivity contribution < 1.29 is 14.6 Å². The van der Waals surface area contributed by atoms with Gasteiger partial charge in [0.2, 0.25) is 0 Å². The summed E-state index contributed by atoms with van der Waals surface area (Å²) >= 11 is 0. The molecule has 0 radical (unpaired) electrons. The molecule has 2 atom stereocenters. The second-order valence-corrected chi connectivity index (χ2v) is 5.22. The third kappa shape index (κ3) is 5.25. The van der Waals surface area contributed by atoms with Crippen LogP contribution in [-0.2, 0) is 9.47 Å². The van der Waals surface area contributed by atoms with E-state index in [4.69, 9.17) is 20.3 Å². The molecule has 4 nitrogen and oxygen atoms in total. The van der Waals surface area contributed by atoms with Gasteiger partial charge in [-0.2, -0.15) is 0 Å². The molecule has 2 unspecified atom stereocenters. The number of ether oxygens (including phenoxy) is 2.